The van der Waals surface area contributed by atoms with Crippen LogP contribution in [-0.4, -0.2) is 7.63 Å². The van der Waals surface area contributed by atoms with Gasteiger partial charge in [-0.1, -0.05) is 0 Å². The van der Waals surface area contributed by atoms with E-state index in [9.17, 15) is 0 Å². The van der Waals surface area contributed by atoms with E-state index in [-0.39, 0.29) is 24.8 Å². The summed E-state index contributed by atoms with van der Waals surface area (Å²) in [6.45, 7) is 2.40. The Kier molecular flexibility index (Phi) is 7.15. The van der Waals surface area contributed by atoms with E-state index in [1.165, 1.54) is 43.8 Å². The van der Waals surface area contributed by atoms with E-state index in [2.05, 4.69) is 140 Å². The molecular weight excluding hydrogens is 567 g/mol. The number of hydrogen-bond acceptors (Lipinski definition) is 0. The average molecular weight is 602 g/mol. The third-order valence-electron chi connectivity index (χ3n) is 9.05. The SMILES string of the molecule is CC1=Cc2ccc3ccccc3c2[CH]1[Ti]([CH3])([CH3])(=[SiH2])[CH]1C(c2ccccc2)=Cc2ccc3ccccc3c21.Cl.Cl. The number of rotatable bonds is 3. The molecule has 0 saturated carbocycles. The van der Waals surface area contributed by atoms with E-state index < -0.39 is 14.0 Å². The Balaban J connectivity index is 0.00000154. The van der Waals surface area contributed by atoms with Gasteiger partial charge in [0.15, 0.2) is 0 Å². The minimum Gasteiger partial charge on any atom is -0.147 e. The molecule has 0 saturated heterocycles. The van der Waals surface area contributed by atoms with Gasteiger partial charge in [0, 0.05) is 0 Å². The molecule has 0 aromatic heterocycles. The predicted octanol–water partition coefficient (Wildman–Crippen LogP) is 9.92. The van der Waals surface area contributed by atoms with E-state index in [1.54, 1.807) is 16.7 Å². The van der Waals surface area contributed by atoms with Crippen LogP contribution in [0.2, 0.25) is 10.5 Å². The van der Waals surface area contributed by atoms with Crippen LogP contribution in [0.15, 0.2) is 109 Å². The molecule has 4 heteroatoms. The predicted molar refractivity (Wildman–Crippen MR) is 176 cm³/mol. The number of allylic oxidation sites excluding steroid dienone is 2. The first kappa shape index (κ1) is 28.2. The van der Waals surface area contributed by atoms with Crippen molar-refractivity contribution in [3.8, 4) is 0 Å². The van der Waals surface area contributed by atoms with E-state index >= 15 is 0 Å². The van der Waals surface area contributed by atoms with Gasteiger partial charge in [0.2, 0.25) is 0 Å². The molecule has 0 nitrogen and oxygen atoms in total. The minimum absolute atomic E-state index is 0. The van der Waals surface area contributed by atoms with E-state index in [0.717, 1.165) is 0 Å². The van der Waals surface area contributed by atoms with Crippen molar-refractivity contribution < 1.29 is 14.0 Å². The maximum absolute atomic E-state index is 3.44. The van der Waals surface area contributed by atoms with Crippen molar-refractivity contribution in [2.45, 2.75) is 25.8 Å². The molecule has 5 aromatic carbocycles. The quantitative estimate of drug-likeness (QED) is 0.181. The van der Waals surface area contributed by atoms with Crippen molar-refractivity contribution in [1.29, 1.82) is 0 Å². The summed E-state index contributed by atoms with van der Waals surface area (Å²) in [4.78, 5) is 0. The van der Waals surface area contributed by atoms with Crippen LogP contribution in [0.25, 0.3) is 39.3 Å². The summed E-state index contributed by atoms with van der Waals surface area (Å²) in [7, 11) is 2.42. The van der Waals surface area contributed by atoms with Crippen LogP contribution in [0, 0.1) is 0 Å². The number of fused-ring (bicyclic) bond motifs is 6. The molecule has 0 heterocycles. The van der Waals surface area contributed by atoms with Gasteiger partial charge in [-0.15, -0.1) is 24.8 Å². The van der Waals surface area contributed by atoms with Crippen molar-refractivity contribution in [1.82, 2.24) is 0 Å². The van der Waals surface area contributed by atoms with Gasteiger partial charge in [-0.05, 0) is 0 Å². The monoisotopic (exact) mass is 600 g/mol. The molecule has 2 unspecified atom stereocenters. The zero-order chi connectivity index (χ0) is 25.4. The summed E-state index contributed by atoms with van der Waals surface area (Å²) in [5.74, 6) is 0. The third kappa shape index (κ3) is 4.22. The van der Waals surface area contributed by atoms with Gasteiger partial charge in [0.05, 0.1) is 0 Å². The topological polar surface area (TPSA) is 0 Å². The van der Waals surface area contributed by atoms with E-state index in [0.29, 0.717) is 8.45 Å². The summed E-state index contributed by atoms with van der Waals surface area (Å²) >= 11 is -3.44. The molecule has 2 atom stereocenters. The second kappa shape index (κ2) is 9.91. The number of hydrogen-bond donors (Lipinski definition) is 0. The fraction of sp³-hybridized carbons (Fsp3) is 0.143. The molecule has 2 aliphatic rings. The molecule has 0 N–H and O–H groups in total. The normalized spacial score (nSPS) is 18.1. The van der Waals surface area contributed by atoms with Gasteiger partial charge < -0.3 is 0 Å². The molecule has 5 aromatic rings. The van der Waals surface area contributed by atoms with Gasteiger partial charge in [-0.3, -0.25) is 0 Å². The maximum atomic E-state index is 2.73. The van der Waals surface area contributed by atoms with Crippen molar-refractivity contribution >= 4 is 71.7 Å². The molecule has 2 aliphatic carbocycles. The van der Waals surface area contributed by atoms with Crippen molar-refractivity contribution in [2.75, 3.05) is 0 Å². The van der Waals surface area contributed by atoms with Crippen LogP contribution in [0.4, 0.5) is 0 Å². The Morgan fingerprint density at radius 1 is 0.564 bits per heavy atom. The molecule has 0 radical (unpaired) electrons. The van der Waals surface area contributed by atoms with Gasteiger partial charge in [0.25, 0.3) is 0 Å². The second-order valence-electron chi connectivity index (χ2n) is 12.2. The fourth-order valence-electron chi connectivity index (χ4n) is 7.74. The number of benzene rings is 5. The van der Waals surface area contributed by atoms with Gasteiger partial charge in [0.1, 0.15) is 0 Å². The zero-order valence-corrected chi connectivity index (χ0v) is 27.3. The average Bonchev–Trinajstić information content (AvgIpc) is 3.48. The molecule has 196 valence electrons. The van der Waals surface area contributed by atoms with Crippen LogP contribution in [0.1, 0.15) is 43.2 Å². The number of halogens is 2. The molecule has 0 fully saturated rings. The third-order valence-corrected chi connectivity index (χ3v) is 20.4. The molecule has 0 spiro atoms. The molecule has 0 amide bonds. The van der Waals surface area contributed by atoms with Gasteiger partial charge >= 0.3 is 223 Å². The molecule has 7 rings (SSSR count). The minimum atomic E-state index is -3.44. The Hall–Kier alpha value is -2.39. The van der Waals surface area contributed by atoms with Crippen LogP contribution in [-0.2, 0) is 14.0 Å². The Morgan fingerprint density at radius 3 is 1.64 bits per heavy atom. The first-order chi connectivity index (χ1) is 17.8. The van der Waals surface area contributed by atoms with Crippen LogP contribution in [0.3, 0.4) is 0 Å². The van der Waals surface area contributed by atoms with Crippen molar-refractivity contribution in [3.05, 3.63) is 137 Å². The first-order valence-corrected chi connectivity index (χ1v) is 22.3. The molecule has 0 bridgehead atoms. The van der Waals surface area contributed by atoms with E-state index in [4.69, 9.17) is 0 Å². The summed E-state index contributed by atoms with van der Waals surface area (Å²) in [5.41, 5.74) is 10.4. The molecule has 39 heavy (non-hydrogen) atoms. The van der Waals surface area contributed by atoms with Gasteiger partial charge in [-0.2, -0.15) is 0 Å². The molecule has 0 aliphatic heterocycles. The van der Waals surface area contributed by atoms with Crippen LogP contribution < -0.4 is 0 Å². The summed E-state index contributed by atoms with van der Waals surface area (Å²) in [6.07, 6.45) is 5.00. The standard InChI is InChI=1S/C19H13.C14H11.2CH3.2ClH.H2Si.Ti/c1-2-6-14(7-3-1)17-12-16-11-10-15-8-4-5-9-18(15)19(16)13-17;1-10-8-12-7-6-11-4-2-3-5-13(11)14(12)9-10;;;;;;/h1-13H;2-9H,1H3;2*1H3;2*1H;1H2;. The fourth-order valence-corrected chi connectivity index (χ4v) is 20.6. The largest absolute Gasteiger partial charge is 0.147 e. The van der Waals surface area contributed by atoms with Crippen LogP contribution >= 0.6 is 24.8 Å². The second-order valence-corrected chi connectivity index (χ2v) is 32.4. The zero-order valence-electron chi connectivity index (χ0n) is 22.6. The summed E-state index contributed by atoms with van der Waals surface area (Å²) < 4.78 is 0.913. The Morgan fingerprint density at radius 2 is 1.05 bits per heavy atom. The summed E-state index contributed by atoms with van der Waals surface area (Å²) in [6, 6.07) is 38.6. The first-order valence-electron chi connectivity index (χ1n) is 13.4. The molecular formula is C35H34Cl2SiTi. The Labute approximate surface area is 246 Å². The Bertz CT molecular complexity index is 1880. The van der Waals surface area contributed by atoms with Crippen LogP contribution in [0.5, 0.6) is 0 Å². The maximum Gasteiger partial charge on any atom is -0.147 e. The van der Waals surface area contributed by atoms with Gasteiger partial charge in [-0.25, -0.2) is 0 Å². The summed E-state index contributed by atoms with van der Waals surface area (Å²) in [5, 5.41) is 11.0. The smallest absolute Gasteiger partial charge is 0.147 e. The van der Waals surface area contributed by atoms with Crippen molar-refractivity contribution in [2.24, 2.45) is 0 Å². The van der Waals surface area contributed by atoms with E-state index in [1.807, 2.05) is 0 Å². The van der Waals surface area contributed by atoms with Crippen molar-refractivity contribution in [3.63, 3.8) is 0 Å².